The Morgan fingerprint density at radius 2 is 1.53 bits per heavy atom. The van der Waals surface area contributed by atoms with Crippen molar-refractivity contribution < 1.29 is 14.4 Å². The highest BCUT2D eigenvalue weighted by Crippen LogP contribution is 2.40. The molecule has 0 unspecified atom stereocenters. The Morgan fingerprint density at radius 3 is 2.21 bits per heavy atom. The molecular weight excluding hydrogens is 527 g/mol. The third-order valence-electron chi connectivity index (χ3n) is 6.77. The van der Waals surface area contributed by atoms with E-state index in [-0.39, 0.29) is 34.2 Å². The first kappa shape index (κ1) is 24.3. The van der Waals surface area contributed by atoms with Crippen LogP contribution in [0.25, 0.3) is 0 Å². The molecule has 3 aliphatic rings. The van der Waals surface area contributed by atoms with E-state index in [0.29, 0.717) is 6.42 Å². The van der Waals surface area contributed by atoms with Crippen LogP contribution in [-0.2, 0) is 14.4 Å². The van der Waals surface area contributed by atoms with Gasteiger partial charge in [0.25, 0.3) is 17.7 Å². The number of hydrazone groups is 1. The van der Waals surface area contributed by atoms with E-state index in [9.17, 15) is 14.4 Å². The predicted molar refractivity (Wildman–Crippen MR) is 142 cm³/mol. The molecule has 0 radical (unpaired) electrons. The van der Waals surface area contributed by atoms with Gasteiger partial charge in [-0.2, -0.15) is 10.2 Å². The summed E-state index contributed by atoms with van der Waals surface area (Å²) in [4.78, 5) is 41.1. The van der Waals surface area contributed by atoms with Crippen molar-refractivity contribution in [1.29, 1.82) is 0 Å². The minimum Gasteiger partial charge on any atom is -0.271 e. The fourth-order valence-electron chi connectivity index (χ4n) is 4.97. The maximum absolute atomic E-state index is 13.6. The molecule has 0 aromatic heterocycles. The van der Waals surface area contributed by atoms with E-state index in [1.165, 1.54) is 10.0 Å². The molecule has 3 aliphatic heterocycles. The van der Waals surface area contributed by atoms with Gasteiger partial charge < -0.3 is 0 Å². The molecule has 0 N–H and O–H groups in total. The van der Waals surface area contributed by atoms with Gasteiger partial charge in [-0.15, -0.1) is 0 Å². The second-order valence-corrected chi connectivity index (χ2v) is 9.87. The van der Waals surface area contributed by atoms with Crippen LogP contribution in [-0.4, -0.2) is 52.1 Å². The minimum absolute atomic E-state index is 0.0995. The van der Waals surface area contributed by atoms with Gasteiger partial charge in [-0.25, -0.2) is 9.91 Å². The summed E-state index contributed by atoms with van der Waals surface area (Å²) in [7, 11) is 0. The Kier molecular flexibility index (Phi) is 6.17. The molecule has 11 heteroatoms. The van der Waals surface area contributed by atoms with Gasteiger partial charge in [0.1, 0.15) is 6.54 Å². The number of fused-ring (bicyclic) bond motifs is 1. The molecule has 0 aliphatic carbocycles. The van der Waals surface area contributed by atoms with E-state index in [4.69, 9.17) is 23.2 Å². The number of nitrogens with zero attached hydrogens (tertiary/aromatic N) is 6. The van der Waals surface area contributed by atoms with Gasteiger partial charge >= 0.3 is 0 Å². The summed E-state index contributed by atoms with van der Waals surface area (Å²) in [6.07, 6.45) is 0.531. The molecule has 3 atom stereocenters. The van der Waals surface area contributed by atoms with Gasteiger partial charge in [-0.3, -0.25) is 19.4 Å². The molecule has 0 spiro atoms. The molecule has 1 saturated heterocycles. The fraction of sp³-hybridized carbons (Fsp3) is 0.185. The van der Waals surface area contributed by atoms with Crippen LogP contribution in [0, 0.1) is 0 Å². The Labute approximate surface area is 227 Å². The fourth-order valence-corrected chi connectivity index (χ4v) is 5.53. The lowest BCUT2D eigenvalue weighted by Crippen LogP contribution is -2.44. The Balaban J connectivity index is 1.27. The molecular formula is C27H20Cl2N6O3. The van der Waals surface area contributed by atoms with Crippen LogP contribution in [0.5, 0.6) is 0 Å². The lowest BCUT2D eigenvalue weighted by Gasteiger charge is -2.25. The van der Waals surface area contributed by atoms with Crippen molar-refractivity contribution in [1.82, 2.24) is 10.0 Å². The van der Waals surface area contributed by atoms with Gasteiger partial charge in [0.05, 0.1) is 27.5 Å². The summed E-state index contributed by atoms with van der Waals surface area (Å²) >= 11 is 12.5. The third-order valence-corrected chi connectivity index (χ3v) is 7.38. The number of hydrogen-bond donors (Lipinski definition) is 0. The zero-order chi connectivity index (χ0) is 26.4. The van der Waals surface area contributed by atoms with Crippen LogP contribution in [0.1, 0.15) is 23.6 Å². The molecule has 3 aromatic carbocycles. The molecule has 3 amide bonds. The van der Waals surface area contributed by atoms with Crippen molar-refractivity contribution in [3.05, 3.63) is 100 Å². The normalized spacial score (nSPS) is 22.3. The van der Waals surface area contributed by atoms with Crippen molar-refractivity contribution in [2.45, 2.75) is 24.5 Å². The number of imide groups is 1. The summed E-state index contributed by atoms with van der Waals surface area (Å²) in [6.45, 7) is -0.289. The second-order valence-electron chi connectivity index (χ2n) is 9.06. The van der Waals surface area contributed by atoms with E-state index in [2.05, 4.69) is 15.4 Å². The summed E-state index contributed by atoms with van der Waals surface area (Å²) < 4.78 is 0. The number of amides is 3. The third kappa shape index (κ3) is 4.04. The average Bonchev–Trinajstić information content (AvgIpc) is 3.62. The molecule has 3 aromatic rings. The Morgan fingerprint density at radius 1 is 0.868 bits per heavy atom. The highest BCUT2D eigenvalue weighted by molar-refractivity contribution is 6.42. The SMILES string of the molecule is O=C1[C@H]2N=NN(CC(=O)N3N=C(c4ccccc4)C[C@H]3c3ccccc3)[C@H]2C(=O)N1c1c(Cl)cccc1Cl. The summed E-state index contributed by atoms with van der Waals surface area (Å²) in [5, 5.41) is 15.7. The zero-order valence-corrected chi connectivity index (χ0v) is 21.3. The number of anilines is 1. The quantitative estimate of drug-likeness (QED) is 0.434. The number of carbonyl (C=O) groups is 3. The first-order chi connectivity index (χ1) is 18.4. The van der Waals surface area contributed by atoms with Crippen LogP contribution in [0.3, 0.4) is 0 Å². The van der Waals surface area contributed by atoms with Gasteiger partial charge in [0, 0.05) is 6.42 Å². The average molecular weight is 547 g/mol. The van der Waals surface area contributed by atoms with E-state index >= 15 is 0 Å². The number of halogens is 2. The monoisotopic (exact) mass is 546 g/mol. The molecule has 1 fully saturated rings. The zero-order valence-electron chi connectivity index (χ0n) is 19.8. The minimum atomic E-state index is -1.09. The number of benzene rings is 3. The number of carbonyl (C=O) groups excluding carboxylic acids is 3. The smallest absolute Gasteiger partial charge is 0.264 e. The predicted octanol–water partition coefficient (Wildman–Crippen LogP) is 4.66. The largest absolute Gasteiger partial charge is 0.271 e. The molecule has 190 valence electrons. The lowest BCUT2D eigenvalue weighted by molar-refractivity contribution is -0.135. The second kappa shape index (κ2) is 9.66. The molecule has 0 saturated carbocycles. The molecule has 38 heavy (non-hydrogen) atoms. The van der Waals surface area contributed by atoms with Gasteiger partial charge in [-0.1, -0.05) is 95.2 Å². The van der Waals surface area contributed by atoms with Crippen molar-refractivity contribution in [2.75, 3.05) is 11.4 Å². The summed E-state index contributed by atoms with van der Waals surface area (Å²) in [5.41, 5.74) is 2.74. The van der Waals surface area contributed by atoms with Crippen LogP contribution >= 0.6 is 23.2 Å². The molecule has 6 rings (SSSR count). The summed E-state index contributed by atoms with van der Waals surface area (Å²) in [5.74, 6) is -1.57. The van der Waals surface area contributed by atoms with E-state index in [1.807, 2.05) is 60.7 Å². The van der Waals surface area contributed by atoms with Crippen LogP contribution in [0.4, 0.5) is 5.69 Å². The van der Waals surface area contributed by atoms with E-state index in [0.717, 1.165) is 21.7 Å². The highest BCUT2D eigenvalue weighted by Gasteiger charge is 2.56. The highest BCUT2D eigenvalue weighted by atomic mass is 35.5. The first-order valence-electron chi connectivity index (χ1n) is 11.9. The molecule has 0 bridgehead atoms. The number of hydrogen-bond acceptors (Lipinski definition) is 7. The van der Waals surface area contributed by atoms with E-state index in [1.54, 1.807) is 18.2 Å². The topological polar surface area (TPSA) is 98.0 Å². The van der Waals surface area contributed by atoms with E-state index < -0.39 is 23.9 Å². The summed E-state index contributed by atoms with van der Waals surface area (Å²) in [6, 6.07) is 21.5. The van der Waals surface area contributed by atoms with Crippen LogP contribution < -0.4 is 4.90 Å². The van der Waals surface area contributed by atoms with Crippen LogP contribution in [0.2, 0.25) is 10.0 Å². The number of rotatable bonds is 5. The van der Waals surface area contributed by atoms with Crippen molar-refractivity contribution >= 4 is 52.3 Å². The number of para-hydroxylation sites is 1. The first-order valence-corrected chi connectivity index (χ1v) is 12.7. The van der Waals surface area contributed by atoms with Crippen LogP contribution in [0.15, 0.2) is 94.3 Å². The van der Waals surface area contributed by atoms with Crippen molar-refractivity contribution in [2.24, 2.45) is 15.4 Å². The standard InChI is InChI=1S/C27H20Cl2N6O3/c28-18-12-7-13-19(29)24(18)34-26(37)23-25(27(34)38)33(32-30-23)15-22(36)35-21(17-10-5-2-6-11-17)14-20(31-35)16-8-3-1-4-9-16/h1-13,21,23,25H,14-15H2/t21-,23-,25+/m0/s1. The van der Waals surface area contributed by atoms with Gasteiger partial charge in [-0.05, 0) is 23.3 Å². The van der Waals surface area contributed by atoms with Gasteiger partial charge in [0.15, 0.2) is 12.1 Å². The van der Waals surface area contributed by atoms with Crippen molar-refractivity contribution in [3.8, 4) is 0 Å². The molecule has 9 nitrogen and oxygen atoms in total. The Hall–Kier alpha value is -4.08. The Bertz CT molecular complexity index is 1480. The lowest BCUT2D eigenvalue weighted by atomic mass is 9.98. The maximum Gasteiger partial charge on any atom is 0.264 e. The molecule has 3 heterocycles. The maximum atomic E-state index is 13.6. The van der Waals surface area contributed by atoms with Gasteiger partial charge in [0.2, 0.25) is 0 Å². The van der Waals surface area contributed by atoms with Crippen molar-refractivity contribution in [3.63, 3.8) is 0 Å².